The third kappa shape index (κ3) is 3.10. The van der Waals surface area contributed by atoms with Gasteiger partial charge in [0, 0.05) is 12.0 Å². The van der Waals surface area contributed by atoms with Gasteiger partial charge in [0.15, 0.2) is 0 Å². The van der Waals surface area contributed by atoms with Gasteiger partial charge >= 0.3 is 0 Å². The van der Waals surface area contributed by atoms with Crippen molar-refractivity contribution in [1.82, 2.24) is 0 Å². The number of rotatable bonds is 8. The first-order chi connectivity index (χ1) is 15.2. The highest BCUT2D eigenvalue weighted by molar-refractivity contribution is 5.48. The SMILES string of the molecule is CCCOC(CC[C@@H](C)[C@H]1CC=C2[C@]1(C)CC[C@@]13O[C@]21CCC1CCCC[C@@]13C)C(C)C. The van der Waals surface area contributed by atoms with E-state index in [1.807, 2.05) is 0 Å². The molecule has 0 radical (unpaired) electrons. The van der Waals surface area contributed by atoms with Gasteiger partial charge in [-0.1, -0.05) is 60.5 Å². The normalized spacial score (nSPS) is 46.5. The van der Waals surface area contributed by atoms with Gasteiger partial charge in [-0.2, -0.15) is 0 Å². The van der Waals surface area contributed by atoms with Crippen LogP contribution in [0.5, 0.6) is 0 Å². The lowest BCUT2D eigenvalue weighted by atomic mass is 9.45. The van der Waals surface area contributed by atoms with Gasteiger partial charge in [0.25, 0.3) is 0 Å². The first kappa shape index (κ1) is 23.4. The van der Waals surface area contributed by atoms with E-state index in [2.05, 4.69) is 47.6 Å². The van der Waals surface area contributed by atoms with E-state index in [1.54, 1.807) is 5.57 Å². The summed E-state index contributed by atoms with van der Waals surface area (Å²) in [4.78, 5) is 0. The van der Waals surface area contributed by atoms with Crippen LogP contribution in [0, 0.1) is 34.5 Å². The van der Waals surface area contributed by atoms with Crippen molar-refractivity contribution in [1.29, 1.82) is 0 Å². The lowest BCUT2D eigenvalue weighted by Crippen LogP contribution is -2.56. The topological polar surface area (TPSA) is 21.8 Å². The van der Waals surface area contributed by atoms with E-state index in [9.17, 15) is 0 Å². The number of fused-ring (bicyclic) bond motifs is 2. The molecule has 32 heavy (non-hydrogen) atoms. The summed E-state index contributed by atoms with van der Waals surface area (Å²) in [5, 5.41) is 0. The summed E-state index contributed by atoms with van der Waals surface area (Å²) < 4.78 is 13.3. The summed E-state index contributed by atoms with van der Waals surface area (Å²) in [6.45, 7) is 15.6. The maximum absolute atomic E-state index is 7.08. The number of hydrogen-bond acceptors (Lipinski definition) is 2. The minimum Gasteiger partial charge on any atom is -0.378 e. The molecule has 0 aromatic rings. The quantitative estimate of drug-likeness (QED) is 0.280. The summed E-state index contributed by atoms with van der Waals surface area (Å²) in [6, 6.07) is 0. The molecule has 2 nitrogen and oxygen atoms in total. The summed E-state index contributed by atoms with van der Waals surface area (Å²) in [7, 11) is 0. The molecule has 0 N–H and O–H groups in total. The summed E-state index contributed by atoms with van der Waals surface area (Å²) in [5.41, 5.74) is 2.83. The van der Waals surface area contributed by atoms with E-state index in [1.165, 1.54) is 70.6 Å². The second-order valence-corrected chi connectivity index (χ2v) is 13.2. The van der Waals surface area contributed by atoms with Crippen molar-refractivity contribution in [3.8, 4) is 0 Å². The third-order valence-corrected chi connectivity index (χ3v) is 11.4. The van der Waals surface area contributed by atoms with Gasteiger partial charge in [-0.05, 0) is 98.9 Å². The van der Waals surface area contributed by atoms with Gasteiger partial charge in [0.1, 0.15) is 11.2 Å². The highest BCUT2D eigenvalue weighted by atomic mass is 16.6. The minimum absolute atomic E-state index is 0.113. The molecule has 2 unspecified atom stereocenters. The average Bonchev–Trinajstić information content (AvgIpc) is 3.35. The van der Waals surface area contributed by atoms with Crippen LogP contribution in [0.1, 0.15) is 119 Å². The van der Waals surface area contributed by atoms with Crippen LogP contribution < -0.4 is 0 Å². The van der Waals surface area contributed by atoms with Crippen LogP contribution in [0.15, 0.2) is 11.6 Å². The van der Waals surface area contributed by atoms with Crippen LogP contribution in [-0.2, 0) is 9.47 Å². The fraction of sp³-hybridized carbons (Fsp3) is 0.933. The van der Waals surface area contributed by atoms with Crippen LogP contribution >= 0.6 is 0 Å². The Bertz CT molecular complexity index is 741. The lowest BCUT2D eigenvalue weighted by Gasteiger charge is -2.55. The summed E-state index contributed by atoms with van der Waals surface area (Å²) in [6.07, 6.45) is 19.1. The van der Waals surface area contributed by atoms with Crippen molar-refractivity contribution >= 4 is 0 Å². The maximum atomic E-state index is 7.08. The number of epoxide rings is 1. The van der Waals surface area contributed by atoms with Crippen molar-refractivity contribution in [2.24, 2.45) is 34.5 Å². The van der Waals surface area contributed by atoms with Crippen molar-refractivity contribution in [2.75, 3.05) is 6.61 Å². The molecule has 1 heterocycles. The molecular formula is C30H50O2. The Balaban J connectivity index is 1.30. The zero-order valence-electron chi connectivity index (χ0n) is 22.0. The van der Waals surface area contributed by atoms with Gasteiger partial charge < -0.3 is 9.47 Å². The van der Waals surface area contributed by atoms with Gasteiger partial charge in [-0.3, -0.25) is 0 Å². The fourth-order valence-corrected chi connectivity index (χ4v) is 9.51. The lowest BCUT2D eigenvalue weighted by molar-refractivity contribution is -0.0211. The molecule has 4 aliphatic carbocycles. The molecule has 182 valence electrons. The van der Waals surface area contributed by atoms with Crippen LogP contribution in [-0.4, -0.2) is 23.9 Å². The Labute approximate surface area is 198 Å². The molecule has 0 spiro atoms. The summed E-state index contributed by atoms with van der Waals surface area (Å²) in [5.74, 6) is 3.06. The Morgan fingerprint density at radius 1 is 1.03 bits per heavy atom. The number of ether oxygens (including phenoxy) is 2. The Morgan fingerprint density at radius 2 is 1.84 bits per heavy atom. The first-order valence-electron chi connectivity index (χ1n) is 14.3. The van der Waals surface area contributed by atoms with Gasteiger partial charge in [0.05, 0.1) is 6.10 Å². The largest absolute Gasteiger partial charge is 0.378 e. The number of allylic oxidation sites excluding steroid dienone is 1. The highest BCUT2D eigenvalue weighted by Crippen LogP contribution is 2.80. The van der Waals surface area contributed by atoms with Crippen LogP contribution in [0.25, 0.3) is 0 Å². The predicted molar refractivity (Wildman–Crippen MR) is 133 cm³/mol. The molecule has 5 rings (SSSR count). The molecule has 4 fully saturated rings. The van der Waals surface area contributed by atoms with Crippen molar-refractivity contribution in [2.45, 2.75) is 136 Å². The van der Waals surface area contributed by atoms with Crippen molar-refractivity contribution in [3.63, 3.8) is 0 Å². The highest BCUT2D eigenvalue weighted by Gasteiger charge is 2.84. The molecule has 8 atom stereocenters. The van der Waals surface area contributed by atoms with E-state index in [0.29, 0.717) is 22.9 Å². The molecule has 1 aliphatic heterocycles. The van der Waals surface area contributed by atoms with Crippen molar-refractivity contribution in [3.05, 3.63) is 11.6 Å². The molecule has 1 saturated heterocycles. The Hall–Kier alpha value is -0.340. The van der Waals surface area contributed by atoms with Gasteiger partial charge in [-0.15, -0.1) is 0 Å². The van der Waals surface area contributed by atoms with Gasteiger partial charge in [-0.25, -0.2) is 0 Å². The molecule has 0 amide bonds. The average molecular weight is 443 g/mol. The molecule has 0 aromatic heterocycles. The van der Waals surface area contributed by atoms with Crippen molar-refractivity contribution < 1.29 is 9.47 Å². The summed E-state index contributed by atoms with van der Waals surface area (Å²) >= 11 is 0. The van der Waals surface area contributed by atoms with Gasteiger partial charge in [0.2, 0.25) is 0 Å². The Morgan fingerprint density at radius 3 is 2.59 bits per heavy atom. The second-order valence-electron chi connectivity index (χ2n) is 13.2. The smallest absolute Gasteiger partial charge is 0.120 e. The third-order valence-electron chi connectivity index (χ3n) is 11.4. The van der Waals surface area contributed by atoms with E-state index in [0.717, 1.165) is 30.8 Å². The monoisotopic (exact) mass is 442 g/mol. The molecule has 3 saturated carbocycles. The first-order valence-corrected chi connectivity index (χ1v) is 14.3. The van der Waals surface area contributed by atoms with E-state index >= 15 is 0 Å². The second kappa shape index (κ2) is 8.11. The van der Waals surface area contributed by atoms with E-state index in [-0.39, 0.29) is 11.2 Å². The zero-order valence-corrected chi connectivity index (χ0v) is 22.0. The minimum atomic E-state index is 0.113. The zero-order chi connectivity index (χ0) is 22.8. The Kier molecular flexibility index (Phi) is 5.93. The number of hydrogen-bond donors (Lipinski definition) is 0. The van der Waals surface area contributed by atoms with E-state index in [4.69, 9.17) is 9.47 Å². The van der Waals surface area contributed by atoms with Crippen LogP contribution in [0.4, 0.5) is 0 Å². The molecule has 0 aromatic carbocycles. The van der Waals surface area contributed by atoms with Crippen LogP contribution in [0.2, 0.25) is 0 Å². The standard InChI is InChI=1S/C30H50O2/c1-7-20-31-25(21(2)3)13-11-22(4)24-12-14-26-27(24,5)18-19-30-28(6)16-9-8-10-23(28)15-17-29(26,30)32-30/h14,21-25H,7-13,15-20H2,1-6H3/t22-,23?,24-,25?,27-,28+,29-,30+/m1/s1. The van der Waals surface area contributed by atoms with E-state index < -0.39 is 0 Å². The molecule has 2 heteroatoms. The maximum Gasteiger partial charge on any atom is 0.120 e. The fourth-order valence-electron chi connectivity index (χ4n) is 9.51. The molecular weight excluding hydrogens is 392 g/mol. The molecule has 5 aliphatic rings. The molecule has 0 bridgehead atoms. The van der Waals surface area contributed by atoms with Crippen LogP contribution in [0.3, 0.4) is 0 Å². The predicted octanol–water partition coefficient (Wildman–Crippen LogP) is 8.10.